The Labute approximate surface area is 308 Å². The van der Waals surface area contributed by atoms with Gasteiger partial charge in [-0.15, -0.1) is 10.2 Å². The molecule has 0 radical (unpaired) electrons. The van der Waals surface area contributed by atoms with E-state index in [9.17, 15) is 29.7 Å². The molecule has 1 aromatic carbocycles. The van der Waals surface area contributed by atoms with Crippen molar-refractivity contribution in [2.75, 3.05) is 35.2 Å². The van der Waals surface area contributed by atoms with Crippen molar-refractivity contribution in [3.8, 4) is 17.0 Å². The number of benzene rings is 1. The number of para-hydroxylation sites is 1. The molecule has 6 N–H and O–H groups in total. The van der Waals surface area contributed by atoms with Crippen LogP contribution in [0.3, 0.4) is 0 Å². The number of hydrogen-bond acceptors (Lipinski definition) is 12. The van der Waals surface area contributed by atoms with Crippen molar-refractivity contribution >= 4 is 35.2 Å². The number of aliphatic hydroxyl groups excluding tert-OH is 1. The Kier molecular flexibility index (Phi) is 9.87. The standard InChI is InChI=1S/C38H49N9O6/c1-38(2,3)32(35(51)46-20-26(48)14-30(46)36(52)53)42-34(50)22-10-8-21(9-11-22)23-16-40-37(41-17-23)47-24-12-13-25(47)19-45(18-24)29-15-28(43-44-33(29)39)27-6-4-5-7-31(27)49/h4-7,15-17,21-22,24-26,30,32,48-49H,8-14,18-20H2,1-3H3,(H2,39,44)(H,42,50)(H,52,53)/t21-,22-,24?,25?,26-,30+,32-/m1/s1. The Bertz CT molecular complexity index is 1830. The van der Waals surface area contributed by atoms with Crippen LogP contribution >= 0.6 is 0 Å². The fourth-order valence-corrected chi connectivity index (χ4v) is 8.62. The van der Waals surface area contributed by atoms with Gasteiger partial charge < -0.3 is 41.1 Å². The first-order valence-corrected chi connectivity index (χ1v) is 18.6. The largest absolute Gasteiger partial charge is 0.507 e. The summed E-state index contributed by atoms with van der Waals surface area (Å²) in [6.45, 7) is 6.91. The zero-order valence-corrected chi connectivity index (χ0v) is 30.4. The van der Waals surface area contributed by atoms with Gasteiger partial charge >= 0.3 is 5.97 Å². The summed E-state index contributed by atoms with van der Waals surface area (Å²) >= 11 is 0. The van der Waals surface area contributed by atoms with Gasteiger partial charge in [0.1, 0.15) is 17.8 Å². The molecule has 15 nitrogen and oxygen atoms in total. The van der Waals surface area contributed by atoms with Gasteiger partial charge in [0.15, 0.2) is 5.82 Å². The van der Waals surface area contributed by atoms with Crippen molar-refractivity contribution in [3.63, 3.8) is 0 Å². The summed E-state index contributed by atoms with van der Waals surface area (Å²) in [5.41, 5.74) is 8.67. The minimum absolute atomic E-state index is 0.0260. The monoisotopic (exact) mass is 727 g/mol. The molecule has 0 spiro atoms. The van der Waals surface area contributed by atoms with E-state index < -0.39 is 35.5 Å². The third-order valence-electron chi connectivity index (χ3n) is 11.5. The lowest BCUT2D eigenvalue weighted by Crippen LogP contribution is -2.57. The number of hydrogen-bond donors (Lipinski definition) is 5. The minimum atomic E-state index is -1.16. The molecule has 15 heteroatoms. The van der Waals surface area contributed by atoms with Crippen LogP contribution < -0.4 is 20.9 Å². The van der Waals surface area contributed by atoms with Crippen molar-refractivity contribution in [1.29, 1.82) is 0 Å². The van der Waals surface area contributed by atoms with Crippen molar-refractivity contribution in [2.45, 2.75) is 102 Å². The molecule has 5 heterocycles. The van der Waals surface area contributed by atoms with E-state index in [-0.39, 0.29) is 48.5 Å². The lowest BCUT2D eigenvalue weighted by atomic mass is 9.78. The number of phenols is 1. The summed E-state index contributed by atoms with van der Waals surface area (Å²) < 4.78 is 0. The number of carbonyl (C=O) groups excluding carboxylic acids is 2. The number of nitrogen functional groups attached to an aromatic ring is 1. The van der Waals surface area contributed by atoms with Gasteiger partial charge in [-0.1, -0.05) is 32.9 Å². The van der Waals surface area contributed by atoms with Gasteiger partial charge in [-0.3, -0.25) is 9.59 Å². The van der Waals surface area contributed by atoms with Crippen LogP contribution in [0.1, 0.15) is 77.2 Å². The van der Waals surface area contributed by atoms with Crippen LogP contribution in [0.2, 0.25) is 0 Å². The SMILES string of the molecule is CC(C)(C)[C@H](NC(=O)[C@H]1CC[C@H](c2cnc(N3C4CCC3CN(c3cc(-c5ccccc5O)nnc3N)C4)nc2)CC1)C(=O)N1C[C@H](O)C[C@H]1C(=O)O. The molecule has 2 aromatic heterocycles. The molecule has 3 saturated heterocycles. The minimum Gasteiger partial charge on any atom is -0.507 e. The molecule has 7 rings (SSSR count). The van der Waals surface area contributed by atoms with Gasteiger partial charge in [0, 0.05) is 62.0 Å². The molecule has 5 atom stereocenters. The van der Waals surface area contributed by atoms with Crippen LogP contribution in [0.25, 0.3) is 11.3 Å². The molecule has 282 valence electrons. The number of carboxylic acid groups (broad SMARTS) is 1. The molecule has 2 bridgehead atoms. The van der Waals surface area contributed by atoms with Gasteiger partial charge in [-0.05, 0) is 73.6 Å². The number of aromatic hydroxyl groups is 1. The lowest BCUT2D eigenvalue weighted by Gasteiger charge is -2.42. The molecule has 4 fully saturated rings. The van der Waals surface area contributed by atoms with E-state index in [2.05, 4.69) is 25.3 Å². The summed E-state index contributed by atoms with van der Waals surface area (Å²) in [4.78, 5) is 54.3. The summed E-state index contributed by atoms with van der Waals surface area (Å²) in [6.07, 6.45) is 7.76. The van der Waals surface area contributed by atoms with Crippen molar-refractivity contribution in [2.24, 2.45) is 11.3 Å². The smallest absolute Gasteiger partial charge is 0.326 e. The summed E-state index contributed by atoms with van der Waals surface area (Å²) in [6, 6.07) is 7.31. The second kappa shape index (κ2) is 14.4. The maximum Gasteiger partial charge on any atom is 0.326 e. The molecule has 3 aliphatic heterocycles. The van der Waals surface area contributed by atoms with E-state index >= 15 is 0 Å². The third-order valence-corrected chi connectivity index (χ3v) is 11.5. The number of carboxylic acids is 1. The molecule has 2 unspecified atom stereocenters. The van der Waals surface area contributed by atoms with Crippen LogP contribution in [0.5, 0.6) is 5.75 Å². The maximum absolute atomic E-state index is 13.6. The number of nitrogens with one attached hydrogen (secondary N) is 1. The second-order valence-corrected chi connectivity index (χ2v) is 16.1. The number of carbonyl (C=O) groups is 3. The van der Waals surface area contributed by atoms with Crippen LogP contribution in [0, 0.1) is 11.3 Å². The summed E-state index contributed by atoms with van der Waals surface area (Å²) in [5, 5.41) is 41.5. The van der Waals surface area contributed by atoms with E-state index in [4.69, 9.17) is 15.7 Å². The predicted octanol–water partition coefficient (Wildman–Crippen LogP) is 2.93. The molecule has 53 heavy (non-hydrogen) atoms. The van der Waals surface area contributed by atoms with Gasteiger partial charge in [-0.25, -0.2) is 14.8 Å². The van der Waals surface area contributed by atoms with Crippen LogP contribution in [-0.2, 0) is 14.4 Å². The molecule has 1 aliphatic carbocycles. The quantitative estimate of drug-likeness (QED) is 0.226. The number of likely N-dealkylation sites (tertiary alicyclic amines) is 1. The first kappa shape index (κ1) is 36.3. The van der Waals surface area contributed by atoms with E-state index in [0.29, 0.717) is 35.9 Å². The molecule has 1 saturated carbocycles. The molecule has 4 aliphatic rings. The highest BCUT2D eigenvalue weighted by Crippen LogP contribution is 2.40. The Hall–Kier alpha value is -5.05. The van der Waals surface area contributed by atoms with Crippen molar-refractivity contribution < 1.29 is 29.7 Å². The number of fused-ring (bicyclic) bond motifs is 2. The van der Waals surface area contributed by atoms with Crippen molar-refractivity contribution in [1.82, 2.24) is 30.4 Å². The second-order valence-electron chi connectivity index (χ2n) is 16.1. The summed E-state index contributed by atoms with van der Waals surface area (Å²) in [5.74, 6) is -0.709. The number of aromatic nitrogens is 4. The van der Waals surface area contributed by atoms with Gasteiger partial charge in [0.2, 0.25) is 17.8 Å². The number of nitrogens with zero attached hydrogens (tertiary/aromatic N) is 7. The fraction of sp³-hybridized carbons (Fsp3) is 0.553. The number of aliphatic hydroxyl groups is 1. The van der Waals surface area contributed by atoms with E-state index in [1.807, 2.05) is 45.3 Å². The number of β-amino-alcohol motifs (C(OH)–C–C–N with tert-alkyl or cyclic N) is 1. The third kappa shape index (κ3) is 7.31. The number of amides is 2. The normalized spacial score (nSPS) is 26.4. The summed E-state index contributed by atoms with van der Waals surface area (Å²) in [7, 11) is 0. The van der Waals surface area contributed by atoms with Crippen LogP contribution in [-0.4, -0.2) is 108 Å². The highest BCUT2D eigenvalue weighted by atomic mass is 16.4. The van der Waals surface area contributed by atoms with Crippen LogP contribution in [0.15, 0.2) is 42.7 Å². The Morgan fingerprint density at radius 1 is 0.943 bits per heavy atom. The Balaban J connectivity index is 0.957. The lowest BCUT2D eigenvalue weighted by molar-refractivity contribution is -0.151. The van der Waals surface area contributed by atoms with Gasteiger partial charge in [0.05, 0.1) is 17.5 Å². The maximum atomic E-state index is 13.6. The average Bonchev–Trinajstić information content (AvgIpc) is 3.66. The van der Waals surface area contributed by atoms with E-state index in [1.54, 1.807) is 18.2 Å². The van der Waals surface area contributed by atoms with Gasteiger partial charge in [-0.2, -0.15) is 0 Å². The topological polar surface area (TPSA) is 211 Å². The Morgan fingerprint density at radius 2 is 1.60 bits per heavy atom. The number of phenolic OH excluding ortho intramolecular Hbond substituents is 1. The molecule has 2 amide bonds. The Morgan fingerprint density at radius 3 is 2.23 bits per heavy atom. The zero-order chi connectivity index (χ0) is 37.6. The average molecular weight is 728 g/mol. The van der Waals surface area contributed by atoms with Crippen molar-refractivity contribution in [3.05, 3.63) is 48.3 Å². The molecular formula is C38H49N9O6. The number of rotatable bonds is 8. The fourth-order valence-electron chi connectivity index (χ4n) is 8.62. The molecular weight excluding hydrogens is 678 g/mol. The zero-order valence-electron chi connectivity index (χ0n) is 30.4. The highest BCUT2D eigenvalue weighted by molar-refractivity contribution is 5.92. The number of aliphatic carboxylic acids is 1. The van der Waals surface area contributed by atoms with E-state index in [0.717, 1.165) is 50.0 Å². The number of anilines is 3. The van der Waals surface area contributed by atoms with E-state index in [1.165, 1.54) is 4.90 Å². The predicted molar refractivity (Wildman–Crippen MR) is 197 cm³/mol. The van der Waals surface area contributed by atoms with Gasteiger partial charge in [0.25, 0.3) is 0 Å². The highest BCUT2D eigenvalue weighted by Gasteiger charge is 2.46. The molecule has 3 aromatic rings. The first-order valence-electron chi connectivity index (χ1n) is 18.6. The number of piperazine rings is 1. The van der Waals surface area contributed by atoms with Crippen LogP contribution in [0.4, 0.5) is 17.5 Å². The first-order chi connectivity index (χ1) is 25.3. The number of nitrogens with two attached hydrogens (primary N) is 1.